The number of fused-ring (bicyclic) bond motifs is 2. The molecule has 0 aliphatic carbocycles. The molecule has 5 N–H and O–H groups in total. The third-order valence-electron chi connectivity index (χ3n) is 4.08. The van der Waals surface area contributed by atoms with Crippen LogP contribution in [0.5, 0.6) is 0 Å². The molecule has 0 saturated carbocycles. The van der Waals surface area contributed by atoms with Crippen LogP contribution in [-0.4, -0.2) is 24.3 Å². The third-order valence-corrected chi connectivity index (χ3v) is 5.42. The van der Waals surface area contributed by atoms with E-state index in [-0.39, 0.29) is 32.8 Å². The Labute approximate surface area is 156 Å². The summed E-state index contributed by atoms with van der Waals surface area (Å²) >= 11 is 0. The molecule has 0 radical (unpaired) electrons. The van der Waals surface area contributed by atoms with E-state index >= 15 is 0 Å². The Hall–Kier alpha value is -3.86. The van der Waals surface area contributed by atoms with Gasteiger partial charge in [-0.1, -0.05) is 12.1 Å². The van der Waals surface area contributed by atoms with Gasteiger partial charge < -0.3 is 15.1 Å². The Balaban J connectivity index is 1.87. The van der Waals surface area contributed by atoms with Crippen LogP contribution in [-0.2, 0) is 10.0 Å². The second kappa shape index (κ2) is 6.09. The number of anilines is 1. The number of sulfonamides is 1. The Kier molecular flexibility index (Phi) is 3.82. The van der Waals surface area contributed by atoms with Crippen LogP contribution in [0.15, 0.2) is 61.4 Å². The largest absolute Gasteiger partial charge is 0.449 e. The Morgan fingerprint density at radius 3 is 2.54 bits per heavy atom. The Morgan fingerprint density at radius 1 is 1.04 bits per heavy atom. The predicted molar refractivity (Wildman–Crippen MR) is 101 cm³/mol. The van der Waals surface area contributed by atoms with Gasteiger partial charge >= 0.3 is 5.69 Å². The lowest BCUT2D eigenvalue weighted by Gasteiger charge is -2.08. The van der Waals surface area contributed by atoms with Gasteiger partial charge in [-0.15, -0.1) is 0 Å². The van der Waals surface area contributed by atoms with Gasteiger partial charge in [0.25, 0.3) is 21.5 Å². The van der Waals surface area contributed by atoms with Gasteiger partial charge in [0.05, 0.1) is 15.8 Å². The first-order valence-electron chi connectivity index (χ1n) is 7.87. The van der Waals surface area contributed by atoms with Crippen molar-refractivity contribution in [2.75, 3.05) is 4.72 Å². The van der Waals surface area contributed by atoms with Crippen LogP contribution >= 0.6 is 0 Å². The molecule has 0 bridgehead atoms. The minimum Gasteiger partial charge on any atom is -0.449 e. The van der Waals surface area contributed by atoms with Crippen molar-refractivity contribution < 1.29 is 17.6 Å². The standard InChI is InChI=1S/C17H12N4O6S/c18-15(22)14-13(9-3-1-2-4-12(9)27-14)21-28(25,26)8-5-6-11-10(7-8)16(23)20-17(24)19-11/h1-7,21H,(H2,18,22)(H2,19,20,23,24). The maximum atomic E-state index is 12.9. The second-order valence-corrected chi connectivity index (χ2v) is 7.57. The summed E-state index contributed by atoms with van der Waals surface area (Å²) in [6, 6.07) is 10.1. The van der Waals surface area contributed by atoms with Gasteiger partial charge in [-0.3, -0.25) is 19.3 Å². The molecule has 4 rings (SSSR count). The molecule has 0 aliphatic rings. The number of para-hydroxylation sites is 1. The number of aromatic nitrogens is 2. The fourth-order valence-electron chi connectivity index (χ4n) is 2.82. The van der Waals surface area contributed by atoms with Crippen LogP contribution in [0.4, 0.5) is 5.69 Å². The van der Waals surface area contributed by atoms with Gasteiger partial charge in [0.1, 0.15) is 11.3 Å². The van der Waals surface area contributed by atoms with E-state index in [0.29, 0.717) is 5.39 Å². The van der Waals surface area contributed by atoms with Gasteiger partial charge in [0.2, 0.25) is 5.76 Å². The number of aromatic amines is 2. The zero-order chi connectivity index (χ0) is 20.1. The molecule has 0 fully saturated rings. The fourth-order valence-corrected chi connectivity index (χ4v) is 3.93. The molecule has 2 heterocycles. The Bertz CT molecular complexity index is 1480. The van der Waals surface area contributed by atoms with Crippen LogP contribution in [0.2, 0.25) is 0 Å². The number of primary amides is 1. The maximum Gasteiger partial charge on any atom is 0.326 e. The number of hydrogen-bond donors (Lipinski definition) is 4. The highest BCUT2D eigenvalue weighted by molar-refractivity contribution is 7.92. The lowest BCUT2D eigenvalue weighted by molar-refractivity contribution is 0.0977. The molecule has 0 unspecified atom stereocenters. The smallest absolute Gasteiger partial charge is 0.326 e. The summed E-state index contributed by atoms with van der Waals surface area (Å²) in [6.07, 6.45) is 0. The molecule has 0 aliphatic heterocycles. The van der Waals surface area contributed by atoms with Crippen molar-refractivity contribution in [3.05, 3.63) is 69.1 Å². The van der Waals surface area contributed by atoms with E-state index in [1.54, 1.807) is 24.3 Å². The number of nitrogens with two attached hydrogens (primary N) is 1. The number of benzene rings is 2. The van der Waals surface area contributed by atoms with E-state index in [4.69, 9.17) is 10.2 Å². The number of furan rings is 1. The number of rotatable bonds is 4. The molecule has 142 valence electrons. The molecule has 4 aromatic rings. The van der Waals surface area contributed by atoms with Gasteiger partial charge in [0, 0.05) is 5.39 Å². The highest BCUT2D eigenvalue weighted by Crippen LogP contribution is 2.32. The van der Waals surface area contributed by atoms with Crippen molar-refractivity contribution in [3.8, 4) is 0 Å². The second-order valence-electron chi connectivity index (χ2n) is 5.89. The summed E-state index contributed by atoms with van der Waals surface area (Å²) in [6.45, 7) is 0. The molecule has 28 heavy (non-hydrogen) atoms. The minimum atomic E-state index is -4.21. The number of carbonyl (C=O) groups is 1. The highest BCUT2D eigenvalue weighted by Gasteiger charge is 2.24. The number of amides is 1. The third kappa shape index (κ3) is 2.83. The zero-order valence-corrected chi connectivity index (χ0v) is 14.8. The number of hydrogen-bond acceptors (Lipinski definition) is 6. The molecule has 1 amide bonds. The summed E-state index contributed by atoms with van der Waals surface area (Å²) in [5.41, 5.74) is 4.22. The van der Waals surface area contributed by atoms with Crippen LogP contribution in [0.1, 0.15) is 10.6 Å². The van der Waals surface area contributed by atoms with Crippen LogP contribution < -0.4 is 21.7 Å². The summed E-state index contributed by atoms with van der Waals surface area (Å²) in [5.74, 6) is -1.28. The molecule has 2 aromatic carbocycles. The van der Waals surface area contributed by atoms with Gasteiger partial charge in [0.15, 0.2) is 0 Å². The Morgan fingerprint density at radius 2 is 1.79 bits per heavy atom. The molecule has 0 atom stereocenters. The SMILES string of the molecule is NC(=O)c1oc2ccccc2c1NS(=O)(=O)c1ccc2[nH]c(=O)[nH]c(=O)c2c1. The van der Waals surface area contributed by atoms with Gasteiger partial charge in [-0.25, -0.2) is 13.2 Å². The topological polar surface area (TPSA) is 168 Å². The molecule has 2 aromatic heterocycles. The summed E-state index contributed by atoms with van der Waals surface area (Å²) < 4.78 is 33.3. The maximum absolute atomic E-state index is 12.9. The number of H-pyrrole nitrogens is 2. The lowest BCUT2D eigenvalue weighted by atomic mass is 10.2. The van der Waals surface area contributed by atoms with Gasteiger partial charge in [-0.05, 0) is 30.3 Å². The van der Waals surface area contributed by atoms with Crippen molar-refractivity contribution in [1.82, 2.24) is 9.97 Å². The molecular weight excluding hydrogens is 388 g/mol. The van der Waals surface area contributed by atoms with Crippen LogP contribution in [0.3, 0.4) is 0 Å². The highest BCUT2D eigenvalue weighted by atomic mass is 32.2. The summed E-state index contributed by atoms with van der Waals surface area (Å²) in [4.78, 5) is 39.1. The first-order valence-corrected chi connectivity index (χ1v) is 9.35. The van der Waals surface area contributed by atoms with Crippen molar-refractivity contribution >= 4 is 43.5 Å². The van der Waals surface area contributed by atoms with Crippen molar-refractivity contribution in [2.45, 2.75) is 4.90 Å². The first kappa shape index (κ1) is 17.5. The normalized spacial score (nSPS) is 11.7. The monoisotopic (exact) mass is 400 g/mol. The van der Waals surface area contributed by atoms with E-state index < -0.39 is 27.2 Å². The minimum absolute atomic E-state index is 0.0188. The fraction of sp³-hybridized carbons (Fsp3) is 0. The van der Waals surface area contributed by atoms with Crippen LogP contribution in [0, 0.1) is 0 Å². The molecule has 10 nitrogen and oxygen atoms in total. The lowest BCUT2D eigenvalue weighted by Crippen LogP contribution is -2.22. The zero-order valence-electron chi connectivity index (χ0n) is 14.0. The van der Waals surface area contributed by atoms with E-state index in [1.807, 2.05) is 4.98 Å². The van der Waals surface area contributed by atoms with E-state index in [1.165, 1.54) is 12.1 Å². The summed E-state index contributed by atoms with van der Waals surface area (Å²) in [5, 5.41) is 0.331. The summed E-state index contributed by atoms with van der Waals surface area (Å²) in [7, 11) is -4.21. The number of carbonyl (C=O) groups excluding carboxylic acids is 1. The number of nitrogens with one attached hydrogen (secondary N) is 3. The predicted octanol–water partition coefficient (Wildman–Crippen LogP) is 0.862. The van der Waals surface area contributed by atoms with Crippen LogP contribution in [0.25, 0.3) is 21.9 Å². The van der Waals surface area contributed by atoms with Gasteiger partial charge in [-0.2, -0.15) is 0 Å². The average molecular weight is 400 g/mol. The van der Waals surface area contributed by atoms with E-state index in [0.717, 1.165) is 6.07 Å². The van der Waals surface area contributed by atoms with E-state index in [9.17, 15) is 22.8 Å². The quantitative estimate of drug-likeness (QED) is 0.396. The van der Waals surface area contributed by atoms with Crippen molar-refractivity contribution in [3.63, 3.8) is 0 Å². The molecule has 11 heteroatoms. The molecular formula is C17H12N4O6S. The van der Waals surface area contributed by atoms with Crippen molar-refractivity contribution in [1.29, 1.82) is 0 Å². The molecule has 0 saturated heterocycles. The van der Waals surface area contributed by atoms with E-state index in [2.05, 4.69) is 9.71 Å². The molecule has 0 spiro atoms. The van der Waals surface area contributed by atoms with Crippen molar-refractivity contribution in [2.24, 2.45) is 5.73 Å². The first-order chi connectivity index (χ1) is 13.3. The average Bonchev–Trinajstić information content (AvgIpc) is 2.99.